The molecule has 0 bridgehead atoms. The Balaban J connectivity index is 1.65. The number of thiazole rings is 1. The summed E-state index contributed by atoms with van der Waals surface area (Å²) in [4.78, 5) is 22.4. The van der Waals surface area contributed by atoms with Gasteiger partial charge >= 0.3 is 0 Å². The number of aryl methyl sites for hydroxylation is 1. The highest BCUT2D eigenvalue weighted by Crippen LogP contribution is 2.30. The number of halogens is 1. The van der Waals surface area contributed by atoms with E-state index < -0.39 is 0 Å². The first-order valence-electron chi connectivity index (χ1n) is 8.98. The van der Waals surface area contributed by atoms with Crippen LogP contribution in [0.4, 0.5) is 16.8 Å². The number of nitrogen functional groups attached to an aromatic ring is 1. The molecule has 9 heteroatoms. The highest BCUT2D eigenvalue weighted by atomic mass is 35.5. The number of nitrogens with two attached hydrogens (primary N) is 1. The highest BCUT2D eigenvalue weighted by molar-refractivity contribution is 7.17. The molecule has 4 rings (SSSR count). The minimum absolute atomic E-state index is 0.200. The van der Waals surface area contributed by atoms with Crippen molar-refractivity contribution in [2.45, 2.75) is 6.92 Å². The van der Waals surface area contributed by atoms with Crippen molar-refractivity contribution in [2.24, 2.45) is 0 Å². The Labute approximate surface area is 182 Å². The molecular weight excluding hydrogens is 422 g/mol. The maximum absolute atomic E-state index is 13.3. The first-order valence-corrected chi connectivity index (χ1v) is 10.2. The molecule has 0 fully saturated rings. The molecule has 30 heavy (non-hydrogen) atoms. The molecule has 7 nitrogen and oxygen atoms in total. The van der Waals surface area contributed by atoms with Crippen LogP contribution in [0.2, 0.25) is 5.02 Å². The van der Waals surface area contributed by atoms with Crippen molar-refractivity contribution >= 4 is 45.5 Å². The Hall–Kier alpha value is -3.36. The number of rotatable bonds is 6. The van der Waals surface area contributed by atoms with Gasteiger partial charge < -0.3 is 15.8 Å². The van der Waals surface area contributed by atoms with Gasteiger partial charge in [0.05, 0.1) is 19.0 Å². The second-order valence-electron chi connectivity index (χ2n) is 6.43. The zero-order valence-corrected chi connectivity index (χ0v) is 17.8. The molecule has 0 aliphatic carbocycles. The van der Waals surface area contributed by atoms with E-state index in [1.54, 1.807) is 42.9 Å². The fourth-order valence-corrected chi connectivity index (χ4v) is 4.02. The summed E-state index contributed by atoms with van der Waals surface area (Å²) in [7, 11) is 1.60. The number of methoxy groups -OCH3 is 1. The third-order valence-electron chi connectivity index (χ3n) is 4.45. The van der Waals surface area contributed by atoms with Gasteiger partial charge in [-0.05, 0) is 55.5 Å². The molecule has 2 aromatic carbocycles. The maximum Gasteiger partial charge on any atom is 0.223 e. The van der Waals surface area contributed by atoms with Crippen molar-refractivity contribution in [3.63, 3.8) is 0 Å². The van der Waals surface area contributed by atoms with Crippen LogP contribution in [0.3, 0.4) is 0 Å². The Bertz CT molecular complexity index is 1200. The molecule has 0 atom stereocenters. The molecular formula is C21H18ClN5O2S. The monoisotopic (exact) mass is 439 g/mol. The summed E-state index contributed by atoms with van der Waals surface area (Å²) in [5.74, 6) is 0.737. The first-order chi connectivity index (χ1) is 14.5. The second kappa shape index (κ2) is 8.17. The molecule has 152 valence electrons. The van der Waals surface area contributed by atoms with Crippen molar-refractivity contribution in [3.8, 4) is 11.4 Å². The zero-order valence-electron chi connectivity index (χ0n) is 16.2. The molecule has 3 N–H and O–H groups in total. The van der Waals surface area contributed by atoms with E-state index >= 15 is 0 Å². The van der Waals surface area contributed by atoms with Crippen molar-refractivity contribution in [1.82, 2.24) is 14.5 Å². The van der Waals surface area contributed by atoms with Gasteiger partial charge in [0.2, 0.25) is 11.7 Å². The summed E-state index contributed by atoms with van der Waals surface area (Å²) < 4.78 is 6.81. The summed E-state index contributed by atoms with van der Waals surface area (Å²) in [5.41, 5.74) is 8.59. The number of benzene rings is 2. The molecule has 0 spiro atoms. The van der Waals surface area contributed by atoms with Gasteiger partial charge in [-0.1, -0.05) is 22.9 Å². The van der Waals surface area contributed by atoms with E-state index in [2.05, 4.69) is 15.3 Å². The minimum Gasteiger partial charge on any atom is -0.497 e. The number of hydrogen-bond acceptors (Lipinski definition) is 7. The van der Waals surface area contributed by atoms with Gasteiger partial charge in [0, 0.05) is 16.4 Å². The maximum atomic E-state index is 13.3. The van der Waals surface area contributed by atoms with Crippen LogP contribution in [0.5, 0.6) is 5.75 Å². The third kappa shape index (κ3) is 3.87. The molecule has 2 heterocycles. The third-order valence-corrected chi connectivity index (χ3v) is 5.77. The lowest BCUT2D eigenvalue weighted by Crippen LogP contribution is -2.10. The van der Waals surface area contributed by atoms with Crippen LogP contribution in [0, 0.1) is 6.92 Å². The average molecular weight is 440 g/mol. The molecule has 0 saturated carbocycles. The van der Waals surface area contributed by atoms with Crippen molar-refractivity contribution in [1.29, 1.82) is 0 Å². The van der Waals surface area contributed by atoms with E-state index in [0.29, 0.717) is 32.2 Å². The Kier molecular flexibility index (Phi) is 5.43. The minimum atomic E-state index is -0.200. The van der Waals surface area contributed by atoms with E-state index in [0.717, 1.165) is 11.4 Å². The van der Waals surface area contributed by atoms with Crippen LogP contribution in [0.25, 0.3) is 5.69 Å². The Morgan fingerprint density at radius 1 is 1.17 bits per heavy atom. The van der Waals surface area contributed by atoms with Crippen molar-refractivity contribution < 1.29 is 9.53 Å². The summed E-state index contributed by atoms with van der Waals surface area (Å²) in [6, 6.07) is 14.5. The Morgan fingerprint density at radius 3 is 2.53 bits per heavy atom. The number of ketones is 1. The lowest BCUT2D eigenvalue weighted by molar-refractivity contribution is 0.103. The molecule has 0 saturated heterocycles. The van der Waals surface area contributed by atoms with Crippen molar-refractivity contribution in [2.75, 3.05) is 18.2 Å². The summed E-state index contributed by atoms with van der Waals surface area (Å²) >= 11 is 7.20. The topological polar surface area (TPSA) is 95.1 Å². The molecule has 0 aliphatic heterocycles. The van der Waals surface area contributed by atoms with Gasteiger partial charge in [0.15, 0.2) is 5.13 Å². The lowest BCUT2D eigenvalue weighted by atomic mass is 10.2. The molecule has 4 aromatic rings. The normalized spacial score (nSPS) is 10.8. The summed E-state index contributed by atoms with van der Waals surface area (Å²) in [5, 5.41) is 4.46. The predicted molar refractivity (Wildman–Crippen MR) is 120 cm³/mol. The van der Waals surface area contributed by atoms with E-state index in [1.807, 2.05) is 24.3 Å². The van der Waals surface area contributed by atoms with Gasteiger partial charge in [-0.2, -0.15) is 0 Å². The fourth-order valence-electron chi connectivity index (χ4n) is 2.96. The van der Waals surface area contributed by atoms with E-state index in [9.17, 15) is 4.79 Å². The van der Waals surface area contributed by atoms with Crippen LogP contribution in [0.15, 0.2) is 54.7 Å². The first kappa shape index (κ1) is 19.9. The van der Waals surface area contributed by atoms with Crippen LogP contribution in [-0.4, -0.2) is 27.4 Å². The molecule has 2 aromatic heterocycles. The summed E-state index contributed by atoms with van der Waals surface area (Å²) in [6.45, 7) is 1.80. The molecule has 0 unspecified atom stereocenters. The van der Waals surface area contributed by atoms with Crippen LogP contribution < -0.4 is 15.8 Å². The van der Waals surface area contributed by atoms with Crippen LogP contribution in [0.1, 0.15) is 21.1 Å². The van der Waals surface area contributed by atoms with E-state index in [4.69, 9.17) is 22.1 Å². The van der Waals surface area contributed by atoms with Gasteiger partial charge in [0.1, 0.15) is 16.3 Å². The number of ether oxygens (including phenoxy) is 1. The van der Waals surface area contributed by atoms with E-state index in [1.165, 1.54) is 17.5 Å². The number of carbonyl (C=O) groups is 1. The molecule has 0 aliphatic rings. The number of hydrogen-bond donors (Lipinski definition) is 2. The lowest BCUT2D eigenvalue weighted by Gasteiger charge is -2.09. The number of nitrogens with zero attached hydrogens (tertiary/aromatic N) is 3. The standard InChI is InChI=1S/C21H18ClN5O2S/c1-12-19(30-21(25-12)26-14-5-3-13(22)4-6-14)18(28)17-11-24-20(23)27(17)15-7-9-16(29-2)10-8-15/h3-11H,1-2H3,(H2,23,24)(H,25,26). The second-order valence-corrected chi connectivity index (χ2v) is 7.87. The highest BCUT2D eigenvalue weighted by Gasteiger charge is 2.23. The smallest absolute Gasteiger partial charge is 0.223 e. The average Bonchev–Trinajstić information content (AvgIpc) is 3.31. The number of imidazole rings is 1. The quantitative estimate of drug-likeness (QED) is 0.417. The molecule has 0 radical (unpaired) electrons. The number of carbonyl (C=O) groups excluding carboxylic acids is 1. The van der Waals surface area contributed by atoms with Crippen molar-refractivity contribution in [3.05, 3.63) is 76.0 Å². The summed E-state index contributed by atoms with van der Waals surface area (Å²) in [6.07, 6.45) is 1.48. The predicted octanol–water partition coefficient (Wildman–Crippen LogP) is 4.86. The zero-order chi connectivity index (χ0) is 21.3. The molecule has 0 amide bonds. The number of aromatic nitrogens is 3. The van der Waals surface area contributed by atoms with Crippen LogP contribution in [-0.2, 0) is 0 Å². The number of nitrogens with one attached hydrogen (secondary N) is 1. The van der Waals surface area contributed by atoms with Gasteiger partial charge in [-0.15, -0.1) is 0 Å². The van der Waals surface area contributed by atoms with Gasteiger partial charge in [0.25, 0.3) is 0 Å². The largest absolute Gasteiger partial charge is 0.497 e. The van der Waals surface area contributed by atoms with Crippen LogP contribution >= 0.6 is 22.9 Å². The Morgan fingerprint density at radius 2 is 1.87 bits per heavy atom. The van der Waals surface area contributed by atoms with Gasteiger partial charge in [-0.3, -0.25) is 9.36 Å². The number of anilines is 3. The fraction of sp³-hybridized carbons (Fsp3) is 0.0952. The van der Waals surface area contributed by atoms with E-state index in [-0.39, 0.29) is 11.7 Å². The van der Waals surface area contributed by atoms with Gasteiger partial charge in [-0.25, -0.2) is 9.97 Å². The SMILES string of the molecule is COc1ccc(-n2c(C(=O)c3sc(Nc4ccc(Cl)cc4)nc3C)cnc2N)cc1.